The van der Waals surface area contributed by atoms with Gasteiger partial charge in [0.1, 0.15) is 0 Å². The third-order valence-corrected chi connectivity index (χ3v) is 3.09. The SMILES string of the molecule is CCC(C)C(N)CN(CC(C)C)CC(C)C. The van der Waals surface area contributed by atoms with Crippen LogP contribution in [0.15, 0.2) is 0 Å². The van der Waals surface area contributed by atoms with Crippen molar-refractivity contribution in [3.05, 3.63) is 0 Å². The molecule has 0 fully saturated rings. The summed E-state index contributed by atoms with van der Waals surface area (Å²) in [6.07, 6.45) is 1.18. The van der Waals surface area contributed by atoms with E-state index in [2.05, 4.69) is 46.4 Å². The van der Waals surface area contributed by atoms with Gasteiger partial charge in [-0.25, -0.2) is 0 Å². The Hall–Kier alpha value is -0.0800. The number of hydrogen-bond acceptors (Lipinski definition) is 2. The van der Waals surface area contributed by atoms with Crippen LogP contribution in [0.5, 0.6) is 0 Å². The molecule has 2 atom stereocenters. The molecule has 2 unspecified atom stereocenters. The molecule has 0 bridgehead atoms. The van der Waals surface area contributed by atoms with Crippen LogP contribution in [0.2, 0.25) is 0 Å². The van der Waals surface area contributed by atoms with Crippen molar-refractivity contribution < 1.29 is 0 Å². The molecule has 0 spiro atoms. The van der Waals surface area contributed by atoms with Gasteiger partial charge in [0.2, 0.25) is 0 Å². The molecule has 0 rings (SSSR count). The summed E-state index contributed by atoms with van der Waals surface area (Å²) >= 11 is 0. The van der Waals surface area contributed by atoms with Gasteiger partial charge in [-0.1, -0.05) is 48.0 Å². The number of nitrogens with two attached hydrogens (primary N) is 1. The molecular formula is C14H32N2. The molecule has 0 aliphatic rings. The maximum absolute atomic E-state index is 6.24. The van der Waals surface area contributed by atoms with Crippen molar-refractivity contribution in [3.8, 4) is 0 Å². The van der Waals surface area contributed by atoms with Crippen LogP contribution in [0.4, 0.5) is 0 Å². The Kier molecular flexibility index (Phi) is 8.04. The quantitative estimate of drug-likeness (QED) is 0.692. The van der Waals surface area contributed by atoms with Crippen molar-refractivity contribution in [2.45, 2.75) is 54.0 Å². The van der Waals surface area contributed by atoms with Crippen LogP contribution in [-0.4, -0.2) is 30.6 Å². The van der Waals surface area contributed by atoms with E-state index in [-0.39, 0.29) is 0 Å². The van der Waals surface area contributed by atoms with Crippen molar-refractivity contribution in [2.75, 3.05) is 19.6 Å². The molecule has 16 heavy (non-hydrogen) atoms. The van der Waals surface area contributed by atoms with E-state index in [9.17, 15) is 0 Å². The molecule has 98 valence electrons. The van der Waals surface area contributed by atoms with Crippen molar-refractivity contribution in [1.29, 1.82) is 0 Å². The number of nitrogens with zero attached hydrogens (tertiary/aromatic N) is 1. The highest BCUT2D eigenvalue weighted by Crippen LogP contribution is 2.10. The zero-order chi connectivity index (χ0) is 12.7. The summed E-state index contributed by atoms with van der Waals surface area (Å²) in [5, 5.41) is 0. The van der Waals surface area contributed by atoms with Gasteiger partial charge < -0.3 is 10.6 Å². The third-order valence-electron chi connectivity index (χ3n) is 3.09. The highest BCUT2D eigenvalue weighted by atomic mass is 15.1. The molecule has 0 aromatic heterocycles. The lowest BCUT2D eigenvalue weighted by molar-refractivity contribution is 0.191. The van der Waals surface area contributed by atoms with Gasteiger partial charge >= 0.3 is 0 Å². The van der Waals surface area contributed by atoms with Gasteiger partial charge in [0.15, 0.2) is 0 Å². The first-order chi connectivity index (χ1) is 7.36. The number of rotatable bonds is 8. The van der Waals surface area contributed by atoms with Crippen LogP contribution in [-0.2, 0) is 0 Å². The molecule has 0 amide bonds. The number of hydrogen-bond donors (Lipinski definition) is 1. The van der Waals surface area contributed by atoms with Crippen LogP contribution < -0.4 is 5.73 Å². The molecular weight excluding hydrogens is 196 g/mol. The fourth-order valence-corrected chi connectivity index (χ4v) is 2.04. The Labute approximate surface area is 103 Å². The summed E-state index contributed by atoms with van der Waals surface area (Å²) in [5.74, 6) is 2.08. The van der Waals surface area contributed by atoms with Gasteiger partial charge in [0.05, 0.1) is 0 Å². The minimum Gasteiger partial charge on any atom is -0.326 e. The predicted molar refractivity (Wildman–Crippen MR) is 73.5 cm³/mol. The minimum atomic E-state index is 0.322. The maximum Gasteiger partial charge on any atom is 0.0193 e. The van der Waals surface area contributed by atoms with Crippen LogP contribution in [0.3, 0.4) is 0 Å². The molecule has 0 aromatic rings. The van der Waals surface area contributed by atoms with E-state index in [0.29, 0.717) is 12.0 Å². The Balaban J connectivity index is 4.18. The van der Waals surface area contributed by atoms with E-state index in [1.54, 1.807) is 0 Å². The average molecular weight is 228 g/mol. The predicted octanol–water partition coefficient (Wildman–Crippen LogP) is 2.97. The Morgan fingerprint density at radius 3 is 1.62 bits per heavy atom. The average Bonchev–Trinajstić information content (AvgIpc) is 2.14. The topological polar surface area (TPSA) is 29.3 Å². The summed E-state index contributed by atoms with van der Waals surface area (Å²) in [5.41, 5.74) is 6.24. The molecule has 0 saturated carbocycles. The van der Waals surface area contributed by atoms with E-state index in [1.165, 1.54) is 19.5 Å². The van der Waals surface area contributed by atoms with Gasteiger partial charge in [0.25, 0.3) is 0 Å². The maximum atomic E-state index is 6.24. The molecule has 2 nitrogen and oxygen atoms in total. The lowest BCUT2D eigenvalue weighted by Gasteiger charge is -2.30. The standard InChI is InChI=1S/C14H32N2/c1-7-13(6)14(15)10-16(8-11(2)3)9-12(4)5/h11-14H,7-10,15H2,1-6H3. The van der Waals surface area contributed by atoms with E-state index < -0.39 is 0 Å². The molecule has 0 aliphatic heterocycles. The first kappa shape index (κ1) is 15.9. The second-order valence-electron chi connectivity index (χ2n) is 6.06. The highest BCUT2D eigenvalue weighted by Gasteiger charge is 2.16. The molecule has 0 heterocycles. The van der Waals surface area contributed by atoms with Gasteiger partial charge in [-0.2, -0.15) is 0 Å². The fourth-order valence-electron chi connectivity index (χ4n) is 2.04. The molecule has 2 N–H and O–H groups in total. The Bertz CT molecular complexity index is 156. The van der Waals surface area contributed by atoms with E-state index in [0.717, 1.165) is 18.4 Å². The summed E-state index contributed by atoms with van der Waals surface area (Å²) in [7, 11) is 0. The van der Waals surface area contributed by atoms with Crippen LogP contribution in [0, 0.1) is 17.8 Å². The summed E-state index contributed by atoms with van der Waals surface area (Å²) in [6.45, 7) is 17.0. The molecule has 0 aromatic carbocycles. The van der Waals surface area contributed by atoms with Crippen LogP contribution in [0.1, 0.15) is 48.0 Å². The van der Waals surface area contributed by atoms with Gasteiger partial charge in [-0.05, 0) is 17.8 Å². The Morgan fingerprint density at radius 2 is 1.31 bits per heavy atom. The van der Waals surface area contributed by atoms with Crippen LogP contribution in [0.25, 0.3) is 0 Å². The fraction of sp³-hybridized carbons (Fsp3) is 1.00. The second kappa shape index (κ2) is 8.08. The molecule has 0 aliphatic carbocycles. The smallest absolute Gasteiger partial charge is 0.0193 e. The van der Waals surface area contributed by atoms with Crippen molar-refractivity contribution in [1.82, 2.24) is 4.90 Å². The summed E-state index contributed by atoms with van der Waals surface area (Å²) < 4.78 is 0. The van der Waals surface area contributed by atoms with Gasteiger partial charge in [-0.3, -0.25) is 0 Å². The van der Waals surface area contributed by atoms with Crippen molar-refractivity contribution in [2.24, 2.45) is 23.5 Å². The third kappa shape index (κ3) is 7.24. The minimum absolute atomic E-state index is 0.322. The largest absolute Gasteiger partial charge is 0.326 e. The molecule has 0 radical (unpaired) electrons. The zero-order valence-electron chi connectivity index (χ0n) is 12.2. The normalized spacial score (nSPS) is 16.1. The summed E-state index contributed by atoms with van der Waals surface area (Å²) in [6, 6.07) is 0.322. The van der Waals surface area contributed by atoms with Gasteiger partial charge in [-0.15, -0.1) is 0 Å². The van der Waals surface area contributed by atoms with E-state index >= 15 is 0 Å². The molecule has 0 saturated heterocycles. The lowest BCUT2D eigenvalue weighted by Crippen LogP contribution is -2.44. The summed E-state index contributed by atoms with van der Waals surface area (Å²) in [4.78, 5) is 2.53. The first-order valence-corrected chi connectivity index (χ1v) is 6.84. The monoisotopic (exact) mass is 228 g/mol. The van der Waals surface area contributed by atoms with E-state index in [1.807, 2.05) is 0 Å². The van der Waals surface area contributed by atoms with Crippen LogP contribution >= 0.6 is 0 Å². The van der Waals surface area contributed by atoms with Crippen molar-refractivity contribution in [3.63, 3.8) is 0 Å². The molecule has 2 heteroatoms. The highest BCUT2D eigenvalue weighted by molar-refractivity contribution is 4.74. The van der Waals surface area contributed by atoms with Crippen molar-refractivity contribution >= 4 is 0 Å². The van der Waals surface area contributed by atoms with E-state index in [4.69, 9.17) is 5.73 Å². The lowest BCUT2D eigenvalue weighted by atomic mass is 9.99. The first-order valence-electron chi connectivity index (χ1n) is 6.84. The zero-order valence-corrected chi connectivity index (χ0v) is 12.2. The second-order valence-corrected chi connectivity index (χ2v) is 6.06. The Morgan fingerprint density at radius 1 is 0.875 bits per heavy atom. The van der Waals surface area contributed by atoms with Gasteiger partial charge in [0, 0.05) is 25.7 Å².